The summed E-state index contributed by atoms with van der Waals surface area (Å²) in [6, 6.07) is 8.18. The second-order valence-corrected chi connectivity index (χ2v) is 6.35. The van der Waals surface area contributed by atoms with E-state index in [9.17, 15) is 9.90 Å². The van der Waals surface area contributed by atoms with Gasteiger partial charge in [-0.05, 0) is 51.4 Å². The third-order valence-electron chi connectivity index (χ3n) is 4.18. The molecule has 4 heteroatoms. The largest absolute Gasteiger partial charge is 0.481 e. The molecular weight excluding hydrogens is 306 g/mol. The van der Waals surface area contributed by atoms with E-state index in [0.717, 1.165) is 23.1 Å². The second kappa shape index (κ2) is 5.63. The summed E-state index contributed by atoms with van der Waals surface area (Å²) in [5, 5.41) is 9.75. The predicted octanol–water partition coefficient (Wildman–Crippen LogP) is 3.28. The van der Waals surface area contributed by atoms with Crippen LogP contribution in [-0.4, -0.2) is 35.1 Å². The number of rotatable bonds is 3. The van der Waals surface area contributed by atoms with Gasteiger partial charge in [0, 0.05) is 10.5 Å². The van der Waals surface area contributed by atoms with E-state index in [-0.39, 0.29) is 0 Å². The van der Waals surface area contributed by atoms with Gasteiger partial charge in [-0.25, -0.2) is 0 Å². The number of halogens is 1. The quantitative estimate of drug-likeness (QED) is 0.927. The van der Waals surface area contributed by atoms with Crippen molar-refractivity contribution in [2.75, 3.05) is 13.1 Å². The van der Waals surface area contributed by atoms with E-state index in [4.69, 9.17) is 0 Å². The van der Waals surface area contributed by atoms with Crippen LogP contribution >= 0.6 is 15.9 Å². The van der Waals surface area contributed by atoms with Crippen LogP contribution in [0.4, 0.5) is 0 Å². The summed E-state index contributed by atoms with van der Waals surface area (Å²) in [5.74, 6) is -0.706. The molecule has 2 rings (SSSR count). The number of aliphatic carboxylic acids is 1. The highest BCUT2D eigenvalue weighted by Crippen LogP contribution is 2.39. The fourth-order valence-electron chi connectivity index (χ4n) is 2.87. The Bertz CT molecular complexity index is 465. The average molecular weight is 326 g/mol. The Morgan fingerprint density at radius 3 is 2.37 bits per heavy atom. The van der Waals surface area contributed by atoms with Gasteiger partial charge in [0.15, 0.2) is 0 Å². The van der Waals surface area contributed by atoms with E-state index in [1.807, 2.05) is 24.3 Å². The normalized spacial score (nSPS) is 19.6. The van der Waals surface area contributed by atoms with Gasteiger partial charge >= 0.3 is 5.97 Å². The van der Waals surface area contributed by atoms with E-state index >= 15 is 0 Å². The van der Waals surface area contributed by atoms with E-state index < -0.39 is 11.4 Å². The molecule has 3 nitrogen and oxygen atoms in total. The zero-order valence-electron chi connectivity index (χ0n) is 11.4. The molecule has 0 unspecified atom stereocenters. The van der Waals surface area contributed by atoms with Crippen LogP contribution in [-0.2, 0) is 10.2 Å². The molecule has 1 saturated heterocycles. The number of hydrogen-bond acceptors (Lipinski definition) is 2. The smallest absolute Gasteiger partial charge is 0.314 e. The highest BCUT2D eigenvalue weighted by Gasteiger charge is 2.44. The number of likely N-dealkylation sites (tertiary alicyclic amines) is 1. The molecule has 0 saturated carbocycles. The topological polar surface area (TPSA) is 40.5 Å². The number of carbonyl (C=O) groups is 1. The van der Waals surface area contributed by atoms with Crippen LogP contribution in [0.5, 0.6) is 0 Å². The van der Waals surface area contributed by atoms with Crippen molar-refractivity contribution in [1.29, 1.82) is 0 Å². The molecule has 104 valence electrons. The highest BCUT2D eigenvalue weighted by atomic mass is 79.9. The first-order valence-electron chi connectivity index (χ1n) is 6.70. The van der Waals surface area contributed by atoms with E-state index in [2.05, 4.69) is 34.7 Å². The van der Waals surface area contributed by atoms with E-state index in [1.165, 1.54) is 0 Å². The molecule has 19 heavy (non-hydrogen) atoms. The number of hydrogen-bond donors (Lipinski definition) is 1. The monoisotopic (exact) mass is 325 g/mol. The molecule has 1 aliphatic heterocycles. The van der Waals surface area contributed by atoms with Gasteiger partial charge in [-0.3, -0.25) is 4.79 Å². The molecule has 1 aromatic carbocycles. The first-order chi connectivity index (χ1) is 8.97. The molecule has 0 atom stereocenters. The maximum absolute atomic E-state index is 11.9. The van der Waals surface area contributed by atoms with Gasteiger partial charge in [0.05, 0.1) is 5.41 Å². The average Bonchev–Trinajstić information content (AvgIpc) is 2.39. The molecule has 1 heterocycles. The van der Waals surface area contributed by atoms with Crippen molar-refractivity contribution < 1.29 is 9.90 Å². The first-order valence-corrected chi connectivity index (χ1v) is 7.49. The number of benzene rings is 1. The minimum atomic E-state index is -0.745. The van der Waals surface area contributed by atoms with Crippen LogP contribution in [0, 0.1) is 0 Å². The summed E-state index contributed by atoms with van der Waals surface area (Å²) < 4.78 is 0.899. The molecule has 0 radical (unpaired) electrons. The lowest BCUT2D eigenvalue weighted by molar-refractivity contribution is -0.146. The molecule has 1 aromatic rings. The Kier molecular flexibility index (Phi) is 4.31. The van der Waals surface area contributed by atoms with Crippen LogP contribution in [0.25, 0.3) is 0 Å². The zero-order chi connectivity index (χ0) is 14.0. The minimum absolute atomic E-state index is 0.478. The van der Waals surface area contributed by atoms with Crippen LogP contribution in [0.2, 0.25) is 0 Å². The summed E-state index contributed by atoms with van der Waals surface area (Å²) >= 11 is 3.50. The lowest BCUT2D eigenvalue weighted by Gasteiger charge is -2.41. The fourth-order valence-corrected chi connectivity index (χ4v) is 3.53. The molecule has 0 spiro atoms. The van der Waals surface area contributed by atoms with Crippen LogP contribution in [0.3, 0.4) is 0 Å². The summed E-state index contributed by atoms with van der Waals surface area (Å²) in [5.41, 5.74) is 0.164. The van der Waals surface area contributed by atoms with Crippen molar-refractivity contribution in [1.82, 2.24) is 4.90 Å². The molecular formula is C15H20BrNO2. The molecule has 0 amide bonds. The van der Waals surface area contributed by atoms with Gasteiger partial charge in [-0.2, -0.15) is 0 Å². The lowest BCUT2D eigenvalue weighted by Crippen LogP contribution is -2.49. The predicted molar refractivity (Wildman–Crippen MR) is 79.4 cm³/mol. The zero-order valence-corrected chi connectivity index (χ0v) is 13.0. The van der Waals surface area contributed by atoms with Crippen molar-refractivity contribution in [3.8, 4) is 0 Å². The fraction of sp³-hybridized carbons (Fsp3) is 0.533. The number of piperidine rings is 1. The van der Waals surface area contributed by atoms with Crippen molar-refractivity contribution in [2.24, 2.45) is 0 Å². The minimum Gasteiger partial charge on any atom is -0.481 e. The Balaban J connectivity index is 2.32. The third-order valence-corrected chi connectivity index (χ3v) is 4.87. The molecule has 1 N–H and O–H groups in total. The number of carboxylic acid groups (broad SMARTS) is 1. The highest BCUT2D eigenvalue weighted by molar-refractivity contribution is 9.10. The van der Waals surface area contributed by atoms with Gasteiger partial charge < -0.3 is 10.0 Å². The van der Waals surface area contributed by atoms with Gasteiger partial charge in [0.25, 0.3) is 0 Å². The Morgan fingerprint density at radius 2 is 1.89 bits per heavy atom. The number of carboxylic acids is 1. The van der Waals surface area contributed by atoms with Crippen molar-refractivity contribution >= 4 is 21.9 Å². The molecule has 0 aliphatic carbocycles. The SMILES string of the molecule is CC(C)N1CCC(C(=O)O)(c2ccccc2Br)CC1. The van der Waals surface area contributed by atoms with Gasteiger partial charge in [-0.1, -0.05) is 34.1 Å². The van der Waals surface area contributed by atoms with Gasteiger partial charge in [-0.15, -0.1) is 0 Å². The maximum atomic E-state index is 11.9. The number of nitrogens with zero attached hydrogens (tertiary/aromatic N) is 1. The van der Waals surface area contributed by atoms with Crippen LogP contribution in [0.15, 0.2) is 28.7 Å². The standard InChI is InChI=1S/C15H20BrNO2/c1-11(2)17-9-7-15(8-10-17,14(18)19)12-5-3-4-6-13(12)16/h3-6,11H,7-10H2,1-2H3,(H,18,19). The molecule has 0 aromatic heterocycles. The third kappa shape index (κ3) is 2.70. The summed E-state index contributed by atoms with van der Waals surface area (Å²) in [7, 11) is 0. The van der Waals surface area contributed by atoms with E-state index in [0.29, 0.717) is 18.9 Å². The molecule has 0 bridgehead atoms. The Labute approximate surface area is 122 Å². The van der Waals surface area contributed by atoms with Crippen molar-refractivity contribution in [2.45, 2.75) is 38.1 Å². The summed E-state index contributed by atoms with van der Waals surface area (Å²) in [6.07, 6.45) is 1.34. The van der Waals surface area contributed by atoms with Crippen LogP contribution < -0.4 is 0 Å². The molecule has 1 aliphatic rings. The summed E-state index contributed by atoms with van der Waals surface area (Å²) in [6.45, 7) is 6.00. The van der Waals surface area contributed by atoms with E-state index in [1.54, 1.807) is 0 Å². The maximum Gasteiger partial charge on any atom is 0.314 e. The lowest BCUT2D eigenvalue weighted by atomic mass is 9.72. The Hall–Kier alpha value is -0.870. The molecule has 1 fully saturated rings. The Morgan fingerprint density at radius 1 is 1.32 bits per heavy atom. The summed E-state index contributed by atoms with van der Waals surface area (Å²) in [4.78, 5) is 14.2. The second-order valence-electron chi connectivity index (χ2n) is 5.50. The van der Waals surface area contributed by atoms with Crippen molar-refractivity contribution in [3.05, 3.63) is 34.3 Å². The van der Waals surface area contributed by atoms with Gasteiger partial charge in [0.1, 0.15) is 0 Å². The van der Waals surface area contributed by atoms with Gasteiger partial charge in [0.2, 0.25) is 0 Å². The first kappa shape index (κ1) is 14.5. The van der Waals surface area contributed by atoms with Crippen molar-refractivity contribution in [3.63, 3.8) is 0 Å². The van der Waals surface area contributed by atoms with Crippen LogP contribution in [0.1, 0.15) is 32.3 Å².